The van der Waals surface area contributed by atoms with Gasteiger partial charge in [-0.15, -0.1) is 0 Å². The van der Waals surface area contributed by atoms with Gasteiger partial charge in [-0.1, -0.05) is 0 Å². The molecule has 1 aromatic carbocycles. The molecule has 0 saturated carbocycles. The van der Waals surface area contributed by atoms with Crippen molar-refractivity contribution < 1.29 is 14.4 Å². The minimum atomic E-state index is -0.00687. The van der Waals surface area contributed by atoms with Gasteiger partial charge in [0.15, 0.2) is 5.78 Å². The van der Waals surface area contributed by atoms with Crippen LogP contribution in [0.25, 0.3) is 0 Å². The number of amides is 2. The van der Waals surface area contributed by atoms with E-state index >= 15 is 0 Å². The molecule has 1 aromatic rings. The molecule has 1 fully saturated rings. The van der Waals surface area contributed by atoms with Crippen LogP contribution in [0.3, 0.4) is 0 Å². The second-order valence-electron chi connectivity index (χ2n) is 6.00. The van der Waals surface area contributed by atoms with Crippen molar-refractivity contribution >= 4 is 23.3 Å². The summed E-state index contributed by atoms with van der Waals surface area (Å²) in [6.07, 6.45) is 0.637. The number of nitrogens with zero attached hydrogens (tertiary/aromatic N) is 2. The van der Waals surface area contributed by atoms with Crippen LogP contribution < -0.4 is 10.2 Å². The summed E-state index contributed by atoms with van der Waals surface area (Å²) in [6, 6.07) is 5.34. The first-order valence-electron chi connectivity index (χ1n) is 7.99. The number of fused-ring (bicyclic) bond motifs is 1. The molecule has 1 saturated heterocycles. The maximum atomic E-state index is 12.2. The first kappa shape index (κ1) is 15.7. The standard InChI is InChI=1S/C17H21N3O3/c1-12(21)13-2-3-15-14(10-13)11-17(23)20(15)7-4-16(22)19-8-5-18-6-9-19/h2-3,10,18H,4-9,11H2,1H3. The maximum absolute atomic E-state index is 12.2. The van der Waals surface area contributed by atoms with Gasteiger partial charge in [-0.2, -0.15) is 0 Å². The van der Waals surface area contributed by atoms with E-state index in [2.05, 4.69) is 5.32 Å². The van der Waals surface area contributed by atoms with Crippen LogP contribution in [0.1, 0.15) is 29.3 Å². The van der Waals surface area contributed by atoms with Crippen molar-refractivity contribution in [1.82, 2.24) is 10.2 Å². The van der Waals surface area contributed by atoms with Gasteiger partial charge in [0.1, 0.15) is 0 Å². The van der Waals surface area contributed by atoms with E-state index in [1.54, 1.807) is 17.0 Å². The Morgan fingerprint density at radius 2 is 1.96 bits per heavy atom. The third kappa shape index (κ3) is 3.27. The number of piperazine rings is 1. The van der Waals surface area contributed by atoms with E-state index in [0.717, 1.165) is 37.4 Å². The van der Waals surface area contributed by atoms with E-state index in [0.29, 0.717) is 24.9 Å². The lowest BCUT2D eigenvalue weighted by Crippen LogP contribution is -2.47. The van der Waals surface area contributed by atoms with E-state index in [-0.39, 0.29) is 17.6 Å². The van der Waals surface area contributed by atoms with Crippen LogP contribution in [0.4, 0.5) is 5.69 Å². The fraction of sp³-hybridized carbons (Fsp3) is 0.471. The first-order valence-corrected chi connectivity index (χ1v) is 7.99. The predicted octanol–water partition coefficient (Wildman–Crippen LogP) is 0.600. The van der Waals surface area contributed by atoms with Crippen molar-refractivity contribution in [3.8, 4) is 0 Å². The Morgan fingerprint density at radius 1 is 1.22 bits per heavy atom. The smallest absolute Gasteiger partial charge is 0.231 e. The molecule has 0 radical (unpaired) electrons. The SMILES string of the molecule is CC(=O)c1ccc2c(c1)CC(=O)N2CCC(=O)N1CCNCC1. The highest BCUT2D eigenvalue weighted by atomic mass is 16.2. The minimum absolute atomic E-state index is 0.00573. The van der Waals surface area contributed by atoms with Crippen molar-refractivity contribution in [2.45, 2.75) is 19.8 Å². The molecule has 2 amide bonds. The van der Waals surface area contributed by atoms with Gasteiger partial charge in [-0.3, -0.25) is 14.4 Å². The Balaban J connectivity index is 1.66. The number of hydrogen-bond acceptors (Lipinski definition) is 4. The third-order valence-corrected chi connectivity index (χ3v) is 4.44. The highest BCUT2D eigenvalue weighted by Gasteiger charge is 2.28. The van der Waals surface area contributed by atoms with E-state index < -0.39 is 0 Å². The number of nitrogens with one attached hydrogen (secondary N) is 1. The number of anilines is 1. The average molecular weight is 315 g/mol. The van der Waals surface area contributed by atoms with Crippen molar-refractivity contribution in [3.05, 3.63) is 29.3 Å². The van der Waals surface area contributed by atoms with Crippen molar-refractivity contribution in [3.63, 3.8) is 0 Å². The van der Waals surface area contributed by atoms with E-state index in [1.807, 2.05) is 11.0 Å². The number of Topliss-reactive ketones (excluding diaryl/α,β-unsaturated/α-hetero) is 1. The van der Waals surface area contributed by atoms with Gasteiger partial charge in [-0.05, 0) is 30.7 Å². The zero-order chi connectivity index (χ0) is 16.4. The molecule has 3 rings (SSSR count). The summed E-state index contributed by atoms with van der Waals surface area (Å²) < 4.78 is 0. The summed E-state index contributed by atoms with van der Waals surface area (Å²) in [7, 11) is 0. The fourth-order valence-electron chi connectivity index (χ4n) is 3.13. The lowest BCUT2D eigenvalue weighted by Gasteiger charge is -2.28. The van der Waals surface area contributed by atoms with Crippen molar-refractivity contribution in [2.75, 3.05) is 37.6 Å². The van der Waals surface area contributed by atoms with Crippen molar-refractivity contribution in [2.24, 2.45) is 0 Å². The normalized spacial score (nSPS) is 17.3. The van der Waals surface area contributed by atoms with Crippen LogP contribution in [0.15, 0.2) is 18.2 Å². The molecule has 0 bridgehead atoms. The Hall–Kier alpha value is -2.21. The Morgan fingerprint density at radius 3 is 2.65 bits per heavy atom. The highest BCUT2D eigenvalue weighted by molar-refractivity contribution is 6.03. The molecule has 23 heavy (non-hydrogen) atoms. The summed E-state index contributed by atoms with van der Waals surface area (Å²) >= 11 is 0. The molecule has 0 atom stereocenters. The third-order valence-electron chi connectivity index (χ3n) is 4.44. The molecular weight excluding hydrogens is 294 g/mol. The van der Waals surface area contributed by atoms with Crippen LogP contribution in [0.5, 0.6) is 0 Å². The molecule has 122 valence electrons. The summed E-state index contributed by atoms with van der Waals surface area (Å²) in [5.41, 5.74) is 2.32. The number of hydrogen-bond donors (Lipinski definition) is 1. The average Bonchev–Trinajstić information content (AvgIpc) is 2.87. The molecule has 0 aromatic heterocycles. The topological polar surface area (TPSA) is 69.7 Å². The highest BCUT2D eigenvalue weighted by Crippen LogP contribution is 2.30. The molecule has 2 heterocycles. The number of benzene rings is 1. The van der Waals surface area contributed by atoms with Crippen LogP contribution in [0, 0.1) is 0 Å². The quantitative estimate of drug-likeness (QED) is 0.826. The van der Waals surface area contributed by atoms with Gasteiger partial charge < -0.3 is 15.1 Å². The second kappa shape index (κ2) is 6.50. The zero-order valence-electron chi connectivity index (χ0n) is 13.3. The maximum Gasteiger partial charge on any atom is 0.231 e. The summed E-state index contributed by atoms with van der Waals surface area (Å²) in [5, 5.41) is 3.22. The lowest BCUT2D eigenvalue weighted by atomic mass is 10.1. The molecule has 0 aliphatic carbocycles. The largest absolute Gasteiger partial charge is 0.340 e. The Kier molecular flexibility index (Phi) is 4.43. The van der Waals surface area contributed by atoms with Gasteiger partial charge in [0.2, 0.25) is 11.8 Å². The summed E-state index contributed by atoms with van der Waals surface area (Å²) in [6.45, 7) is 5.02. The van der Waals surface area contributed by atoms with Gasteiger partial charge in [0.05, 0.1) is 6.42 Å². The Bertz CT molecular complexity index is 650. The van der Waals surface area contributed by atoms with Gasteiger partial charge in [-0.25, -0.2) is 0 Å². The molecule has 0 spiro atoms. The first-order chi connectivity index (χ1) is 11.1. The number of carbonyl (C=O) groups excluding carboxylic acids is 3. The zero-order valence-corrected chi connectivity index (χ0v) is 13.3. The summed E-state index contributed by atoms with van der Waals surface area (Å²) in [4.78, 5) is 39.4. The molecule has 2 aliphatic heterocycles. The van der Waals surface area contributed by atoms with Gasteiger partial charge >= 0.3 is 0 Å². The van der Waals surface area contributed by atoms with Gasteiger partial charge in [0, 0.05) is 50.4 Å². The van der Waals surface area contributed by atoms with E-state index in [1.165, 1.54) is 6.92 Å². The predicted molar refractivity (Wildman–Crippen MR) is 86.6 cm³/mol. The van der Waals surface area contributed by atoms with Crippen molar-refractivity contribution in [1.29, 1.82) is 0 Å². The van der Waals surface area contributed by atoms with E-state index in [4.69, 9.17) is 0 Å². The molecule has 6 nitrogen and oxygen atoms in total. The van der Waals surface area contributed by atoms with Crippen LogP contribution in [-0.4, -0.2) is 55.2 Å². The molecule has 6 heteroatoms. The molecule has 0 unspecified atom stereocenters. The second-order valence-corrected chi connectivity index (χ2v) is 6.00. The monoisotopic (exact) mass is 315 g/mol. The lowest BCUT2D eigenvalue weighted by molar-refractivity contribution is -0.131. The van der Waals surface area contributed by atoms with E-state index in [9.17, 15) is 14.4 Å². The number of rotatable bonds is 4. The molecule has 1 N–H and O–H groups in total. The van der Waals surface area contributed by atoms with Crippen LogP contribution >= 0.6 is 0 Å². The van der Waals surface area contributed by atoms with Crippen LogP contribution in [-0.2, 0) is 16.0 Å². The minimum Gasteiger partial charge on any atom is -0.340 e. The molecular formula is C17H21N3O3. The number of carbonyl (C=O) groups is 3. The number of ketones is 1. The van der Waals surface area contributed by atoms with Gasteiger partial charge in [0.25, 0.3) is 0 Å². The molecule has 2 aliphatic rings. The summed E-state index contributed by atoms with van der Waals surface area (Å²) in [5.74, 6) is 0.0782. The fourth-order valence-corrected chi connectivity index (χ4v) is 3.13. The Labute approximate surface area is 135 Å². The van der Waals surface area contributed by atoms with Crippen LogP contribution in [0.2, 0.25) is 0 Å².